The van der Waals surface area contributed by atoms with E-state index >= 15 is 0 Å². The predicted molar refractivity (Wildman–Crippen MR) is 232 cm³/mol. The van der Waals surface area contributed by atoms with Gasteiger partial charge < -0.3 is 8.98 Å². The van der Waals surface area contributed by atoms with E-state index in [0.29, 0.717) is 0 Å². The number of nitrogens with zero attached hydrogens (tertiary/aromatic N) is 1. The molecule has 8 aromatic carbocycles. The minimum atomic E-state index is 0.0980. The van der Waals surface area contributed by atoms with Crippen LogP contribution in [-0.4, -0.2) is 4.57 Å². The molecule has 0 amide bonds. The van der Waals surface area contributed by atoms with Crippen molar-refractivity contribution < 1.29 is 4.42 Å². The van der Waals surface area contributed by atoms with E-state index in [-0.39, 0.29) is 5.92 Å². The molecule has 0 saturated carbocycles. The third kappa shape index (κ3) is 4.60. The van der Waals surface area contributed by atoms with Gasteiger partial charge in [0.25, 0.3) is 0 Å². The SMILES string of the molecule is c1ccc(-c2cc(-c3cccc4ccccc34)cc(-n3c4c(c5ccccc53)C(c3cccc5c3oc3ccccc35)Cc3sc5ccccc5c3-4)c2)cc1. The van der Waals surface area contributed by atoms with Crippen molar-refractivity contribution in [1.29, 1.82) is 0 Å². The number of thiophene rings is 1. The van der Waals surface area contributed by atoms with E-state index in [4.69, 9.17) is 4.42 Å². The van der Waals surface area contributed by atoms with E-state index in [1.807, 2.05) is 11.3 Å². The van der Waals surface area contributed by atoms with Crippen molar-refractivity contribution in [2.24, 2.45) is 0 Å². The van der Waals surface area contributed by atoms with E-state index < -0.39 is 0 Å². The van der Waals surface area contributed by atoms with E-state index in [0.717, 1.165) is 23.3 Å². The van der Waals surface area contributed by atoms with Gasteiger partial charge in [0.05, 0.1) is 11.2 Å². The largest absolute Gasteiger partial charge is 0.456 e. The summed E-state index contributed by atoms with van der Waals surface area (Å²) in [5.41, 5.74) is 14.4. The molecular weight excluding hydrogens is 687 g/mol. The zero-order valence-corrected chi connectivity index (χ0v) is 30.7. The lowest BCUT2D eigenvalue weighted by molar-refractivity contribution is 0.655. The molecule has 0 aliphatic heterocycles. The van der Waals surface area contributed by atoms with Gasteiger partial charge in [-0.1, -0.05) is 146 Å². The number of fused-ring (bicyclic) bond motifs is 11. The third-order valence-corrected chi connectivity index (χ3v) is 12.9. The highest BCUT2D eigenvalue weighted by molar-refractivity contribution is 7.19. The molecule has 3 heteroatoms. The number of benzene rings is 8. The van der Waals surface area contributed by atoms with E-state index in [9.17, 15) is 0 Å². The second-order valence-electron chi connectivity index (χ2n) is 14.8. The molecule has 55 heavy (non-hydrogen) atoms. The summed E-state index contributed by atoms with van der Waals surface area (Å²) in [5.74, 6) is 0.0980. The average Bonchev–Trinajstić information content (AvgIpc) is 3.93. The van der Waals surface area contributed by atoms with Crippen LogP contribution >= 0.6 is 11.3 Å². The van der Waals surface area contributed by atoms with Crippen LogP contribution in [0.2, 0.25) is 0 Å². The van der Waals surface area contributed by atoms with Gasteiger partial charge in [0.2, 0.25) is 0 Å². The van der Waals surface area contributed by atoms with Gasteiger partial charge in [-0.25, -0.2) is 0 Å². The first-order valence-electron chi connectivity index (χ1n) is 19.0. The molecule has 1 aliphatic carbocycles. The van der Waals surface area contributed by atoms with Gasteiger partial charge >= 0.3 is 0 Å². The van der Waals surface area contributed by atoms with Crippen LogP contribution in [-0.2, 0) is 6.42 Å². The van der Waals surface area contributed by atoms with Crippen LogP contribution in [0.3, 0.4) is 0 Å². The first kappa shape index (κ1) is 30.7. The number of hydrogen-bond donors (Lipinski definition) is 0. The van der Waals surface area contributed by atoms with Crippen LogP contribution in [0.5, 0.6) is 0 Å². The Morgan fingerprint density at radius 2 is 1.22 bits per heavy atom. The smallest absolute Gasteiger partial charge is 0.139 e. The quantitative estimate of drug-likeness (QED) is 0.177. The van der Waals surface area contributed by atoms with Crippen molar-refractivity contribution in [3.63, 3.8) is 0 Å². The molecule has 12 rings (SSSR count). The maximum absolute atomic E-state index is 6.76. The molecule has 11 aromatic rings. The fraction of sp³-hybridized carbons (Fsp3) is 0.0385. The number of furan rings is 1. The van der Waals surface area contributed by atoms with Crippen molar-refractivity contribution in [3.8, 4) is 39.2 Å². The lowest BCUT2D eigenvalue weighted by atomic mass is 9.79. The molecule has 0 fully saturated rings. The number of para-hydroxylation sites is 3. The highest BCUT2D eigenvalue weighted by Crippen LogP contribution is 2.54. The molecule has 258 valence electrons. The molecule has 0 N–H and O–H groups in total. The molecule has 0 bridgehead atoms. The minimum Gasteiger partial charge on any atom is -0.456 e. The summed E-state index contributed by atoms with van der Waals surface area (Å²) in [6.45, 7) is 0. The molecule has 1 atom stereocenters. The Balaban J connectivity index is 1.20. The highest BCUT2D eigenvalue weighted by atomic mass is 32.1. The van der Waals surface area contributed by atoms with Gasteiger partial charge in [0, 0.05) is 53.9 Å². The van der Waals surface area contributed by atoms with Crippen LogP contribution < -0.4 is 0 Å². The normalized spacial score (nSPS) is 13.9. The van der Waals surface area contributed by atoms with Gasteiger partial charge in [-0.05, 0) is 81.4 Å². The third-order valence-electron chi connectivity index (χ3n) is 11.8. The number of rotatable bonds is 4. The molecule has 1 unspecified atom stereocenters. The van der Waals surface area contributed by atoms with Crippen LogP contribution in [0.4, 0.5) is 0 Å². The average molecular weight is 720 g/mol. The van der Waals surface area contributed by atoms with Gasteiger partial charge in [0.15, 0.2) is 0 Å². The Morgan fingerprint density at radius 1 is 0.527 bits per heavy atom. The second kappa shape index (κ2) is 11.9. The zero-order chi connectivity index (χ0) is 36.0. The van der Waals surface area contributed by atoms with Crippen molar-refractivity contribution in [2.45, 2.75) is 12.3 Å². The van der Waals surface area contributed by atoms with Crippen LogP contribution in [0.25, 0.3) is 92.9 Å². The molecule has 0 saturated heterocycles. The first-order valence-corrected chi connectivity index (χ1v) is 19.8. The van der Waals surface area contributed by atoms with Gasteiger partial charge in [-0.3, -0.25) is 0 Å². The fourth-order valence-electron chi connectivity index (χ4n) is 9.40. The second-order valence-corrected chi connectivity index (χ2v) is 15.9. The summed E-state index contributed by atoms with van der Waals surface area (Å²) in [7, 11) is 0. The van der Waals surface area contributed by atoms with Crippen molar-refractivity contribution in [3.05, 3.63) is 198 Å². The zero-order valence-electron chi connectivity index (χ0n) is 29.9. The van der Waals surface area contributed by atoms with E-state index in [2.05, 4.69) is 187 Å². The molecule has 2 nitrogen and oxygen atoms in total. The van der Waals surface area contributed by atoms with Crippen LogP contribution in [0.15, 0.2) is 186 Å². The Bertz CT molecular complexity index is 3300. The summed E-state index contributed by atoms with van der Waals surface area (Å²) < 4.78 is 10.7. The summed E-state index contributed by atoms with van der Waals surface area (Å²) in [6.07, 6.45) is 0.914. The number of hydrogen-bond acceptors (Lipinski definition) is 2. The summed E-state index contributed by atoms with van der Waals surface area (Å²) in [4.78, 5) is 1.42. The summed E-state index contributed by atoms with van der Waals surface area (Å²) in [6, 6.07) is 66.6. The topological polar surface area (TPSA) is 18.1 Å². The van der Waals surface area contributed by atoms with E-state index in [1.165, 1.54) is 92.0 Å². The summed E-state index contributed by atoms with van der Waals surface area (Å²) in [5, 5.41) is 7.45. The standard InChI is InChI=1S/C52H33NOS/c1-2-14-32(15-3-1)34-28-35(38-22-12-17-33-16-4-5-18-37(33)38)30-36(29-34)53-45-25-9-6-20-42(45)49-44(31-48-50(51(49)53)43-21-8-11-27-47(43)55-48)41-24-13-23-40-39-19-7-10-26-46(39)54-52(40)41/h1-30,44H,31H2. The van der Waals surface area contributed by atoms with Gasteiger partial charge in [-0.2, -0.15) is 0 Å². The Hall–Kier alpha value is -6.68. The molecule has 0 spiro atoms. The summed E-state index contributed by atoms with van der Waals surface area (Å²) >= 11 is 1.94. The monoisotopic (exact) mass is 719 g/mol. The Morgan fingerprint density at radius 3 is 2.13 bits per heavy atom. The molecule has 1 aliphatic rings. The first-order chi connectivity index (χ1) is 27.3. The lowest BCUT2D eigenvalue weighted by Crippen LogP contribution is -2.12. The predicted octanol–water partition coefficient (Wildman–Crippen LogP) is 14.6. The van der Waals surface area contributed by atoms with Crippen LogP contribution in [0, 0.1) is 0 Å². The lowest BCUT2D eigenvalue weighted by Gasteiger charge is -2.26. The Labute approximate surface area is 322 Å². The molecular formula is C52H33NOS. The molecule has 3 heterocycles. The maximum atomic E-state index is 6.76. The minimum absolute atomic E-state index is 0.0980. The Kier molecular flexibility index (Phi) is 6.66. The van der Waals surface area contributed by atoms with Gasteiger partial charge in [0.1, 0.15) is 11.2 Å². The van der Waals surface area contributed by atoms with E-state index in [1.54, 1.807) is 0 Å². The van der Waals surface area contributed by atoms with Gasteiger partial charge in [-0.15, -0.1) is 11.3 Å². The highest BCUT2D eigenvalue weighted by Gasteiger charge is 2.36. The fourth-order valence-corrected chi connectivity index (χ4v) is 10.6. The molecule has 0 radical (unpaired) electrons. The van der Waals surface area contributed by atoms with Crippen molar-refractivity contribution >= 4 is 65.0 Å². The maximum Gasteiger partial charge on any atom is 0.139 e. The van der Waals surface area contributed by atoms with Crippen LogP contribution in [0.1, 0.15) is 21.9 Å². The molecule has 3 aromatic heterocycles. The number of aromatic nitrogens is 1. The van der Waals surface area contributed by atoms with Crippen molar-refractivity contribution in [1.82, 2.24) is 4.57 Å². The van der Waals surface area contributed by atoms with Crippen molar-refractivity contribution in [2.75, 3.05) is 0 Å².